The number of hydrogen-bond acceptors (Lipinski definition) is 3. The Labute approximate surface area is 85.6 Å². The van der Waals surface area contributed by atoms with Crippen molar-refractivity contribution in [3.05, 3.63) is 21.9 Å². The highest BCUT2D eigenvalue weighted by Crippen LogP contribution is 2.16. The van der Waals surface area contributed by atoms with Crippen LogP contribution in [0.4, 0.5) is 4.79 Å². The van der Waals surface area contributed by atoms with Crippen LogP contribution in [-0.2, 0) is 6.42 Å². The zero-order chi connectivity index (χ0) is 10.6. The van der Waals surface area contributed by atoms with E-state index in [-0.39, 0.29) is 5.78 Å². The second kappa shape index (κ2) is 4.76. The van der Waals surface area contributed by atoms with Gasteiger partial charge in [-0.3, -0.25) is 4.79 Å². The third kappa shape index (κ3) is 3.18. The third-order valence-corrected chi connectivity index (χ3v) is 2.90. The predicted molar refractivity (Wildman–Crippen MR) is 54.1 cm³/mol. The highest BCUT2D eigenvalue weighted by atomic mass is 32.1. The number of carbonyl (C=O) groups excluding carboxylic acids is 1. The maximum atomic E-state index is 10.9. The zero-order valence-corrected chi connectivity index (χ0v) is 8.56. The van der Waals surface area contributed by atoms with Crippen molar-refractivity contribution < 1.29 is 14.7 Å². The Morgan fingerprint density at radius 2 is 2.21 bits per heavy atom. The van der Waals surface area contributed by atoms with E-state index >= 15 is 0 Å². The topological polar surface area (TPSA) is 66.4 Å². The molecule has 0 bridgehead atoms. The van der Waals surface area contributed by atoms with Gasteiger partial charge < -0.3 is 10.4 Å². The van der Waals surface area contributed by atoms with Gasteiger partial charge in [-0.15, -0.1) is 11.3 Å². The van der Waals surface area contributed by atoms with E-state index in [2.05, 4.69) is 5.32 Å². The van der Waals surface area contributed by atoms with Crippen LogP contribution in [0.25, 0.3) is 0 Å². The minimum Gasteiger partial charge on any atom is -0.465 e. The number of nitrogens with one attached hydrogen (secondary N) is 1. The summed E-state index contributed by atoms with van der Waals surface area (Å²) in [4.78, 5) is 22.8. The van der Waals surface area contributed by atoms with Gasteiger partial charge in [0.25, 0.3) is 0 Å². The van der Waals surface area contributed by atoms with E-state index in [4.69, 9.17) is 5.11 Å². The highest BCUT2D eigenvalue weighted by molar-refractivity contribution is 7.14. The van der Waals surface area contributed by atoms with Gasteiger partial charge in [-0.1, -0.05) is 0 Å². The van der Waals surface area contributed by atoms with E-state index in [0.717, 1.165) is 9.75 Å². The van der Waals surface area contributed by atoms with Gasteiger partial charge in [0.05, 0.1) is 4.88 Å². The largest absolute Gasteiger partial charge is 0.465 e. The van der Waals surface area contributed by atoms with Crippen LogP contribution in [0.1, 0.15) is 21.5 Å². The van der Waals surface area contributed by atoms with Crippen molar-refractivity contribution in [2.75, 3.05) is 6.54 Å². The summed E-state index contributed by atoms with van der Waals surface area (Å²) in [6.45, 7) is 1.90. The fourth-order valence-corrected chi connectivity index (χ4v) is 1.90. The Morgan fingerprint density at radius 3 is 2.71 bits per heavy atom. The molecular formula is C9H11NO3S. The second-order valence-electron chi connectivity index (χ2n) is 2.80. The van der Waals surface area contributed by atoms with E-state index in [1.54, 1.807) is 6.07 Å². The van der Waals surface area contributed by atoms with Gasteiger partial charge in [0.15, 0.2) is 5.78 Å². The SMILES string of the molecule is CC(=O)c1ccc(CCNC(=O)O)s1. The number of rotatable bonds is 4. The quantitative estimate of drug-likeness (QED) is 0.749. The van der Waals surface area contributed by atoms with Crippen molar-refractivity contribution in [3.63, 3.8) is 0 Å². The van der Waals surface area contributed by atoms with Crippen LogP contribution in [0.15, 0.2) is 12.1 Å². The van der Waals surface area contributed by atoms with E-state index in [9.17, 15) is 9.59 Å². The fourth-order valence-electron chi connectivity index (χ4n) is 0.994. The number of ketones is 1. The second-order valence-corrected chi connectivity index (χ2v) is 3.97. The van der Waals surface area contributed by atoms with Crippen LogP contribution in [-0.4, -0.2) is 23.5 Å². The molecule has 0 radical (unpaired) electrons. The van der Waals surface area contributed by atoms with Gasteiger partial charge in [0, 0.05) is 11.4 Å². The molecule has 1 aromatic rings. The van der Waals surface area contributed by atoms with Crippen LogP contribution in [0.3, 0.4) is 0 Å². The van der Waals surface area contributed by atoms with Crippen molar-refractivity contribution >= 4 is 23.2 Å². The van der Waals surface area contributed by atoms with Crippen molar-refractivity contribution in [2.45, 2.75) is 13.3 Å². The van der Waals surface area contributed by atoms with Crippen molar-refractivity contribution in [1.82, 2.24) is 5.32 Å². The maximum Gasteiger partial charge on any atom is 0.404 e. The van der Waals surface area contributed by atoms with Gasteiger partial charge in [-0.05, 0) is 25.5 Å². The highest BCUT2D eigenvalue weighted by Gasteiger charge is 2.04. The molecule has 0 saturated carbocycles. The summed E-state index contributed by atoms with van der Waals surface area (Å²) in [6, 6.07) is 3.62. The molecule has 0 saturated heterocycles. The molecule has 1 rings (SSSR count). The Kier molecular flexibility index (Phi) is 3.64. The first-order valence-corrected chi connectivity index (χ1v) is 4.97. The van der Waals surface area contributed by atoms with Crippen molar-refractivity contribution in [2.24, 2.45) is 0 Å². The molecule has 5 heteroatoms. The van der Waals surface area contributed by atoms with Crippen LogP contribution in [0.5, 0.6) is 0 Å². The van der Waals surface area contributed by atoms with E-state index < -0.39 is 6.09 Å². The summed E-state index contributed by atoms with van der Waals surface area (Å²) in [6.07, 6.45) is -0.391. The molecule has 0 atom stereocenters. The maximum absolute atomic E-state index is 10.9. The lowest BCUT2D eigenvalue weighted by Crippen LogP contribution is -2.22. The number of amides is 1. The molecule has 0 aliphatic heterocycles. The minimum absolute atomic E-state index is 0.0486. The molecule has 4 nitrogen and oxygen atoms in total. The third-order valence-electron chi connectivity index (χ3n) is 1.66. The zero-order valence-electron chi connectivity index (χ0n) is 7.74. The first kappa shape index (κ1) is 10.7. The predicted octanol–water partition coefficient (Wildman–Crippen LogP) is 1.76. The lowest BCUT2D eigenvalue weighted by atomic mass is 10.3. The first-order chi connectivity index (χ1) is 6.59. The number of thiophene rings is 1. The molecule has 0 spiro atoms. The van der Waals surface area contributed by atoms with E-state index in [1.807, 2.05) is 6.07 Å². The van der Waals surface area contributed by atoms with E-state index in [1.165, 1.54) is 18.3 Å². The van der Waals surface area contributed by atoms with Crippen molar-refractivity contribution in [3.8, 4) is 0 Å². The smallest absolute Gasteiger partial charge is 0.404 e. The molecule has 1 amide bonds. The molecule has 2 N–H and O–H groups in total. The standard InChI is InChI=1S/C9H11NO3S/c1-6(11)8-3-2-7(14-8)4-5-10-9(12)13/h2-3,10H,4-5H2,1H3,(H,12,13). The molecule has 1 aromatic heterocycles. The summed E-state index contributed by atoms with van der Waals surface area (Å²) in [5, 5.41) is 10.6. The van der Waals surface area contributed by atoms with Gasteiger partial charge in [-0.2, -0.15) is 0 Å². The molecule has 0 aliphatic rings. The van der Waals surface area contributed by atoms with Crippen LogP contribution in [0, 0.1) is 0 Å². The first-order valence-electron chi connectivity index (χ1n) is 4.16. The minimum atomic E-state index is -1.02. The Morgan fingerprint density at radius 1 is 1.50 bits per heavy atom. The normalized spacial score (nSPS) is 9.79. The molecule has 0 aliphatic carbocycles. The monoisotopic (exact) mass is 213 g/mol. The molecule has 76 valence electrons. The number of hydrogen-bond donors (Lipinski definition) is 2. The van der Waals surface area contributed by atoms with Gasteiger partial charge in [0.1, 0.15) is 0 Å². The molecule has 14 heavy (non-hydrogen) atoms. The molecule has 0 aromatic carbocycles. The van der Waals surface area contributed by atoms with Crippen LogP contribution in [0.2, 0.25) is 0 Å². The average molecular weight is 213 g/mol. The Hall–Kier alpha value is -1.36. The lowest BCUT2D eigenvalue weighted by molar-refractivity contribution is 0.102. The summed E-state index contributed by atoms with van der Waals surface area (Å²) in [5.41, 5.74) is 0. The van der Waals surface area contributed by atoms with E-state index in [0.29, 0.717) is 13.0 Å². The summed E-state index contributed by atoms with van der Waals surface area (Å²) in [7, 11) is 0. The number of Topliss-reactive ketones (excluding diaryl/α,β-unsaturated/α-hetero) is 1. The summed E-state index contributed by atoms with van der Waals surface area (Å²) < 4.78 is 0. The van der Waals surface area contributed by atoms with Gasteiger partial charge in [0.2, 0.25) is 0 Å². The van der Waals surface area contributed by atoms with Crippen LogP contribution >= 0.6 is 11.3 Å². The molecule has 0 unspecified atom stereocenters. The van der Waals surface area contributed by atoms with Gasteiger partial charge >= 0.3 is 6.09 Å². The fraction of sp³-hybridized carbons (Fsp3) is 0.333. The number of carboxylic acid groups (broad SMARTS) is 1. The van der Waals surface area contributed by atoms with Crippen molar-refractivity contribution in [1.29, 1.82) is 0 Å². The number of carbonyl (C=O) groups is 2. The Bertz CT molecular complexity index is 346. The molecule has 1 heterocycles. The Balaban J connectivity index is 2.44. The lowest BCUT2D eigenvalue weighted by Gasteiger charge is -1.97. The van der Waals surface area contributed by atoms with Gasteiger partial charge in [-0.25, -0.2) is 4.79 Å². The summed E-state index contributed by atoms with van der Waals surface area (Å²) >= 11 is 1.41. The molecule has 0 fully saturated rings. The molecular weight excluding hydrogens is 202 g/mol. The average Bonchev–Trinajstić information content (AvgIpc) is 2.52. The van der Waals surface area contributed by atoms with Crippen LogP contribution < -0.4 is 5.32 Å². The summed E-state index contributed by atoms with van der Waals surface area (Å²) in [5.74, 6) is 0.0486.